The van der Waals surface area contributed by atoms with Crippen LogP contribution in [0.15, 0.2) is 48.5 Å². The summed E-state index contributed by atoms with van der Waals surface area (Å²) in [6.07, 6.45) is 0.435. The topological polar surface area (TPSA) is 84.5 Å². The van der Waals surface area contributed by atoms with Gasteiger partial charge in [0.1, 0.15) is 0 Å². The minimum atomic E-state index is -0.564. The second-order valence-corrected chi connectivity index (χ2v) is 6.52. The van der Waals surface area contributed by atoms with E-state index in [0.29, 0.717) is 28.9 Å². The Labute approximate surface area is 158 Å². The lowest BCUT2D eigenvalue weighted by Crippen LogP contribution is -2.16. The average Bonchev–Trinajstić information content (AvgIpc) is 2.65. The van der Waals surface area contributed by atoms with Crippen molar-refractivity contribution in [1.29, 1.82) is 0 Å². The van der Waals surface area contributed by atoms with Crippen LogP contribution in [-0.2, 0) is 9.53 Å². The summed E-state index contributed by atoms with van der Waals surface area (Å²) in [4.78, 5) is 36.2. The molecule has 2 aromatic rings. The Kier molecular flexibility index (Phi) is 7.11. The first-order valence-electron chi connectivity index (χ1n) is 8.77. The predicted molar refractivity (Wildman–Crippen MR) is 105 cm³/mol. The zero-order valence-corrected chi connectivity index (χ0v) is 15.7. The summed E-state index contributed by atoms with van der Waals surface area (Å²) in [6.45, 7) is 3.59. The summed E-state index contributed by atoms with van der Waals surface area (Å²) >= 11 is 0. The third-order valence-electron chi connectivity index (χ3n) is 3.83. The highest BCUT2D eigenvalue weighted by Gasteiger charge is 2.14. The zero-order valence-electron chi connectivity index (χ0n) is 15.7. The molecule has 0 spiro atoms. The summed E-state index contributed by atoms with van der Waals surface area (Å²) in [5.41, 5.74) is 2.04. The van der Waals surface area contributed by atoms with E-state index in [0.717, 1.165) is 0 Å². The predicted octanol–water partition coefficient (Wildman–Crippen LogP) is 3.75. The van der Waals surface area contributed by atoms with Gasteiger partial charge in [0.2, 0.25) is 5.91 Å². The van der Waals surface area contributed by atoms with Crippen LogP contribution in [0.25, 0.3) is 0 Å². The Morgan fingerprint density at radius 3 is 2.30 bits per heavy atom. The molecule has 0 atom stereocenters. The normalized spacial score (nSPS) is 10.4. The number of carbonyl (C=O) groups is 3. The number of hydrogen-bond donors (Lipinski definition) is 2. The zero-order chi connectivity index (χ0) is 19.8. The maximum atomic E-state index is 12.2. The van der Waals surface area contributed by atoms with Gasteiger partial charge in [-0.25, -0.2) is 4.79 Å². The molecule has 2 aromatic carbocycles. The Balaban J connectivity index is 1.92. The molecule has 0 heterocycles. The molecule has 0 saturated heterocycles. The Morgan fingerprint density at radius 1 is 1.00 bits per heavy atom. The van der Waals surface area contributed by atoms with E-state index in [1.807, 2.05) is 13.8 Å². The van der Waals surface area contributed by atoms with Gasteiger partial charge in [-0.05, 0) is 42.3 Å². The standard InChI is InChI=1S/C21H24N2O4/c1-14(2)12-20(25)23-16-10-8-15(9-11-16)19(24)13-27-21(26)17-6-4-5-7-18(17)22-3/h4-11,14,22H,12-13H2,1-3H3,(H,23,25). The molecule has 0 aliphatic heterocycles. The highest BCUT2D eigenvalue weighted by atomic mass is 16.5. The van der Waals surface area contributed by atoms with E-state index < -0.39 is 5.97 Å². The van der Waals surface area contributed by atoms with E-state index in [4.69, 9.17) is 4.74 Å². The first kappa shape index (κ1) is 20.2. The lowest BCUT2D eigenvalue weighted by molar-refractivity contribution is -0.116. The van der Waals surface area contributed by atoms with Gasteiger partial charge in [0.05, 0.1) is 5.56 Å². The maximum absolute atomic E-state index is 12.2. The van der Waals surface area contributed by atoms with E-state index in [-0.39, 0.29) is 24.2 Å². The van der Waals surface area contributed by atoms with Crippen LogP contribution in [-0.4, -0.2) is 31.3 Å². The van der Waals surface area contributed by atoms with Crippen LogP contribution in [0, 0.1) is 5.92 Å². The van der Waals surface area contributed by atoms with Crippen LogP contribution in [0.1, 0.15) is 41.0 Å². The molecule has 1 amide bonds. The van der Waals surface area contributed by atoms with Gasteiger partial charge in [-0.2, -0.15) is 0 Å². The average molecular weight is 368 g/mol. The van der Waals surface area contributed by atoms with Crippen molar-refractivity contribution in [1.82, 2.24) is 0 Å². The smallest absolute Gasteiger partial charge is 0.340 e. The number of amides is 1. The molecule has 0 aliphatic rings. The molecular weight excluding hydrogens is 344 g/mol. The third-order valence-corrected chi connectivity index (χ3v) is 3.83. The molecule has 2 N–H and O–H groups in total. The van der Waals surface area contributed by atoms with Crippen molar-refractivity contribution in [3.63, 3.8) is 0 Å². The molecule has 0 unspecified atom stereocenters. The van der Waals surface area contributed by atoms with Gasteiger partial charge in [-0.15, -0.1) is 0 Å². The lowest BCUT2D eigenvalue weighted by Gasteiger charge is -2.09. The fourth-order valence-electron chi connectivity index (χ4n) is 2.49. The second-order valence-electron chi connectivity index (χ2n) is 6.52. The fourth-order valence-corrected chi connectivity index (χ4v) is 2.49. The largest absolute Gasteiger partial charge is 0.454 e. The van der Waals surface area contributed by atoms with E-state index >= 15 is 0 Å². The molecular formula is C21H24N2O4. The van der Waals surface area contributed by atoms with Crippen molar-refractivity contribution in [2.45, 2.75) is 20.3 Å². The molecule has 2 rings (SSSR count). The first-order chi connectivity index (χ1) is 12.9. The van der Waals surface area contributed by atoms with Crippen molar-refractivity contribution in [3.8, 4) is 0 Å². The number of Topliss-reactive ketones (excluding diaryl/α,β-unsaturated/α-hetero) is 1. The van der Waals surface area contributed by atoms with Gasteiger partial charge in [0.25, 0.3) is 0 Å². The van der Waals surface area contributed by atoms with Gasteiger partial charge in [0, 0.05) is 30.4 Å². The molecule has 0 bridgehead atoms. The molecule has 0 fully saturated rings. The van der Waals surface area contributed by atoms with Crippen LogP contribution in [0.5, 0.6) is 0 Å². The van der Waals surface area contributed by atoms with Crippen LogP contribution in [0.2, 0.25) is 0 Å². The highest BCUT2D eigenvalue weighted by molar-refractivity contribution is 6.01. The van der Waals surface area contributed by atoms with Gasteiger partial charge in [-0.1, -0.05) is 26.0 Å². The van der Waals surface area contributed by atoms with Crippen molar-refractivity contribution in [2.24, 2.45) is 5.92 Å². The van der Waals surface area contributed by atoms with Gasteiger partial charge in [-0.3, -0.25) is 9.59 Å². The number of anilines is 2. The fraction of sp³-hybridized carbons (Fsp3) is 0.286. The van der Waals surface area contributed by atoms with Crippen molar-refractivity contribution >= 4 is 29.0 Å². The number of para-hydroxylation sites is 1. The van der Waals surface area contributed by atoms with Gasteiger partial charge in [0.15, 0.2) is 12.4 Å². The molecule has 0 saturated carbocycles. The summed E-state index contributed by atoms with van der Waals surface area (Å²) in [6, 6.07) is 13.4. The van der Waals surface area contributed by atoms with Gasteiger partial charge < -0.3 is 15.4 Å². The number of esters is 1. The number of nitrogens with one attached hydrogen (secondary N) is 2. The maximum Gasteiger partial charge on any atom is 0.340 e. The Morgan fingerprint density at radius 2 is 1.67 bits per heavy atom. The number of carbonyl (C=O) groups excluding carboxylic acids is 3. The Hall–Kier alpha value is -3.15. The van der Waals surface area contributed by atoms with Crippen molar-refractivity contribution in [2.75, 3.05) is 24.3 Å². The van der Waals surface area contributed by atoms with E-state index in [1.54, 1.807) is 55.6 Å². The number of benzene rings is 2. The van der Waals surface area contributed by atoms with Crippen LogP contribution < -0.4 is 10.6 Å². The molecule has 0 aromatic heterocycles. The van der Waals surface area contributed by atoms with E-state index in [2.05, 4.69) is 10.6 Å². The summed E-state index contributed by atoms with van der Waals surface area (Å²) in [5, 5.41) is 5.69. The molecule has 6 nitrogen and oxygen atoms in total. The minimum absolute atomic E-state index is 0.0683. The SMILES string of the molecule is CNc1ccccc1C(=O)OCC(=O)c1ccc(NC(=O)CC(C)C)cc1. The summed E-state index contributed by atoms with van der Waals surface area (Å²) < 4.78 is 5.13. The number of rotatable bonds is 8. The van der Waals surface area contributed by atoms with Crippen molar-refractivity contribution in [3.05, 3.63) is 59.7 Å². The molecule has 0 radical (unpaired) electrons. The minimum Gasteiger partial charge on any atom is -0.454 e. The van der Waals surface area contributed by atoms with Crippen LogP contribution in [0.4, 0.5) is 11.4 Å². The summed E-state index contributed by atoms with van der Waals surface area (Å²) in [7, 11) is 1.71. The quantitative estimate of drug-likeness (QED) is 0.547. The van der Waals surface area contributed by atoms with Gasteiger partial charge >= 0.3 is 5.97 Å². The van der Waals surface area contributed by atoms with E-state index in [9.17, 15) is 14.4 Å². The van der Waals surface area contributed by atoms with Crippen LogP contribution >= 0.6 is 0 Å². The second kappa shape index (κ2) is 9.52. The number of ketones is 1. The first-order valence-corrected chi connectivity index (χ1v) is 8.77. The number of ether oxygens (including phenoxy) is 1. The number of hydrogen-bond acceptors (Lipinski definition) is 5. The highest BCUT2D eigenvalue weighted by Crippen LogP contribution is 2.16. The Bertz CT molecular complexity index is 813. The van der Waals surface area contributed by atoms with E-state index in [1.165, 1.54) is 0 Å². The molecule has 27 heavy (non-hydrogen) atoms. The summed E-state index contributed by atoms with van der Waals surface area (Å²) in [5.74, 6) is -0.675. The van der Waals surface area contributed by atoms with Crippen LogP contribution in [0.3, 0.4) is 0 Å². The monoisotopic (exact) mass is 368 g/mol. The lowest BCUT2D eigenvalue weighted by atomic mass is 10.1. The molecule has 0 aliphatic carbocycles. The van der Waals surface area contributed by atoms with Crippen molar-refractivity contribution < 1.29 is 19.1 Å². The third kappa shape index (κ3) is 5.95. The molecule has 142 valence electrons. The molecule has 6 heteroatoms.